The summed E-state index contributed by atoms with van der Waals surface area (Å²) in [4.78, 5) is 10.6. The van der Waals surface area contributed by atoms with E-state index in [-0.39, 0.29) is 0 Å². The Balaban J connectivity index is 2.21. The molecule has 4 heteroatoms. The fourth-order valence-electron chi connectivity index (χ4n) is 1.54. The van der Waals surface area contributed by atoms with Crippen LogP contribution in [-0.2, 0) is 0 Å². The second kappa shape index (κ2) is 3.73. The predicted octanol–water partition coefficient (Wildman–Crippen LogP) is 1.97. The number of carboxylic acids is 1. The Labute approximate surface area is 87.8 Å². The molecule has 0 fully saturated rings. The zero-order chi connectivity index (χ0) is 10.8. The first-order valence-electron chi connectivity index (χ1n) is 4.82. The quantitative estimate of drug-likeness (QED) is 0.801. The molecule has 1 aromatic rings. The largest absolute Gasteiger partial charge is 0.478 e. The molecule has 78 valence electrons. The Morgan fingerprint density at radius 1 is 1.40 bits per heavy atom. The van der Waals surface area contributed by atoms with Gasteiger partial charge >= 0.3 is 5.97 Å². The smallest absolute Gasteiger partial charge is 0.335 e. The van der Waals surface area contributed by atoms with Crippen LogP contribution in [0, 0.1) is 0 Å². The third-order valence-corrected chi connectivity index (χ3v) is 2.39. The maximum Gasteiger partial charge on any atom is 0.335 e. The van der Waals surface area contributed by atoms with E-state index in [0.29, 0.717) is 5.56 Å². The zero-order valence-electron chi connectivity index (χ0n) is 8.47. The van der Waals surface area contributed by atoms with Gasteiger partial charge < -0.3 is 5.11 Å². The molecule has 0 radical (unpaired) electrons. The molecule has 1 aromatic carbocycles. The number of nitrogens with zero attached hydrogens (tertiary/aromatic N) is 2. The van der Waals surface area contributed by atoms with Crippen LogP contribution in [0.4, 0.5) is 5.69 Å². The Morgan fingerprint density at radius 2 is 2.07 bits per heavy atom. The first-order valence-corrected chi connectivity index (χ1v) is 4.82. The molecule has 1 N–H and O–H groups in total. The lowest BCUT2D eigenvalue weighted by atomic mass is 10.2. The first kappa shape index (κ1) is 9.71. The predicted molar refractivity (Wildman–Crippen MR) is 58.5 cm³/mol. The van der Waals surface area contributed by atoms with Crippen molar-refractivity contribution in [3.05, 3.63) is 29.8 Å². The van der Waals surface area contributed by atoms with Crippen LogP contribution in [0.15, 0.2) is 29.4 Å². The Hall–Kier alpha value is -1.84. The summed E-state index contributed by atoms with van der Waals surface area (Å²) in [5.74, 6) is -0.900. The summed E-state index contributed by atoms with van der Waals surface area (Å²) >= 11 is 0. The van der Waals surface area contributed by atoms with Crippen LogP contribution in [0.25, 0.3) is 0 Å². The SMILES string of the molecule is CC1=NN(c2ccc(C(=O)O)cc2)CC1. The van der Waals surface area contributed by atoms with Gasteiger partial charge in [0, 0.05) is 18.7 Å². The standard InChI is InChI=1S/C11H12N2O2/c1-8-6-7-13(12-8)10-4-2-9(3-5-10)11(14)15/h2-5H,6-7H2,1H3,(H,14,15). The number of hydrogen-bond donors (Lipinski definition) is 1. The van der Waals surface area contributed by atoms with Crippen molar-refractivity contribution in [3.8, 4) is 0 Å². The van der Waals surface area contributed by atoms with E-state index in [1.165, 1.54) is 0 Å². The summed E-state index contributed by atoms with van der Waals surface area (Å²) < 4.78 is 0. The molecule has 0 saturated heterocycles. The first-order chi connectivity index (χ1) is 7.16. The summed E-state index contributed by atoms with van der Waals surface area (Å²) in [6.45, 7) is 2.86. The molecule has 0 amide bonds. The molecule has 0 unspecified atom stereocenters. The number of carbonyl (C=O) groups is 1. The lowest BCUT2D eigenvalue weighted by Gasteiger charge is -2.13. The average molecular weight is 204 g/mol. The van der Waals surface area contributed by atoms with Gasteiger partial charge in [0.2, 0.25) is 0 Å². The number of hydrazone groups is 1. The van der Waals surface area contributed by atoms with Gasteiger partial charge in [0.25, 0.3) is 0 Å². The molecule has 15 heavy (non-hydrogen) atoms. The molecule has 0 aromatic heterocycles. The minimum atomic E-state index is -0.900. The van der Waals surface area contributed by atoms with Crippen molar-refractivity contribution < 1.29 is 9.90 Å². The van der Waals surface area contributed by atoms with Crippen molar-refractivity contribution in [2.45, 2.75) is 13.3 Å². The average Bonchev–Trinajstić information content (AvgIpc) is 2.65. The van der Waals surface area contributed by atoms with Gasteiger partial charge in [-0.05, 0) is 31.2 Å². The van der Waals surface area contributed by atoms with Crippen LogP contribution in [0.2, 0.25) is 0 Å². The molecule has 0 atom stereocenters. The van der Waals surface area contributed by atoms with Gasteiger partial charge in [0.15, 0.2) is 0 Å². The summed E-state index contributed by atoms with van der Waals surface area (Å²) in [6, 6.07) is 6.76. The minimum Gasteiger partial charge on any atom is -0.478 e. The highest BCUT2D eigenvalue weighted by molar-refractivity contribution is 5.88. The molecule has 0 spiro atoms. The van der Waals surface area contributed by atoms with Crippen LogP contribution in [0.1, 0.15) is 23.7 Å². The van der Waals surface area contributed by atoms with Crippen LogP contribution in [-0.4, -0.2) is 23.3 Å². The third-order valence-electron chi connectivity index (χ3n) is 2.39. The number of aromatic carboxylic acids is 1. The maximum atomic E-state index is 10.6. The lowest BCUT2D eigenvalue weighted by Crippen LogP contribution is -2.11. The summed E-state index contributed by atoms with van der Waals surface area (Å²) in [7, 11) is 0. The molecule has 0 aliphatic carbocycles. The molecule has 0 bridgehead atoms. The minimum absolute atomic E-state index is 0.304. The van der Waals surface area contributed by atoms with Gasteiger partial charge in [-0.15, -0.1) is 0 Å². The van der Waals surface area contributed by atoms with E-state index >= 15 is 0 Å². The number of benzene rings is 1. The molecular formula is C11H12N2O2. The highest BCUT2D eigenvalue weighted by Gasteiger charge is 2.12. The summed E-state index contributed by atoms with van der Waals surface area (Å²) in [5.41, 5.74) is 2.35. The van der Waals surface area contributed by atoms with Crippen molar-refractivity contribution in [2.24, 2.45) is 5.10 Å². The van der Waals surface area contributed by atoms with Gasteiger partial charge in [0.1, 0.15) is 0 Å². The van der Waals surface area contributed by atoms with Gasteiger partial charge in [0.05, 0.1) is 11.3 Å². The van der Waals surface area contributed by atoms with E-state index in [0.717, 1.165) is 24.4 Å². The van der Waals surface area contributed by atoms with Gasteiger partial charge in [-0.1, -0.05) is 0 Å². The van der Waals surface area contributed by atoms with Crippen LogP contribution in [0.3, 0.4) is 0 Å². The topological polar surface area (TPSA) is 52.9 Å². The maximum absolute atomic E-state index is 10.6. The van der Waals surface area contributed by atoms with Crippen molar-refractivity contribution in [1.82, 2.24) is 0 Å². The molecule has 4 nitrogen and oxygen atoms in total. The van der Waals surface area contributed by atoms with E-state index in [1.54, 1.807) is 24.3 Å². The highest BCUT2D eigenvalue weighted by atomic mass is 16.4. The molecule has 1 heterocycles. The van der Waals surface area contributed by atoms with Crippen molar-refractivity contribution >= 4 is 17.4 Å². The third kappa shape index (κ3) is 1.98. The van der Waals surface area contributed by atoms with Gasteiger partial charge in [-0.2, -0.15) is 5.10 Å². The second-order valence-corrected chi connectivity index (χ2v) is 3.56. The van der Waals surface area contributed by atoms with E-state index in [1.807, 2.05) is 11.9 Å². The van der Waals surface area contributed by atoms with Crippen LogP contribution < -0.4 is 5.01 Å². The molecule has 2 rings (SSSR count). The number of hydrogen-bond acceptors (Lipinski definition) is 3. The normalized spacial score (nSPS) is 15.3. The lowest BCUT2D eigenvalue weighted by molar-refractivity contribution is 0.0697. The molecule has 1 aliphatic heterocycles. The highest BCUT2D eigenvalue weighted by Crippen LogP contribution is 2.19. The Bertz CT molecular complexity index is 409. The van der Waals surface area contributed by atoms with E-state index in [2.05, 4.69) is 5.10 Å². The monoisotopic (exact) mass is 204 g/mol. The Kier molecular flexibility index (Phi) is 2.41. The van der Waals surface area contributed by atoms with Crippen molar-refractivity contribution in [2.75, 3.05) is 11.6 Å². The molecular weight excluding hydrogens is 192 g/mol. The fraction of sp³-hybridized carbons (Fsp3) is 0.273. The van der Waals surface area contributed by atoms with E-state index in [4.69, 9.17) is 5.11 Å². The van der Waals surface area contributed by atoms with Crippen molar-refractivity contribution in [1.29, 1.82) is 0 Å². The van der Waals surface area contributed by atoms with E-state index < -0.39 is 5.97 Å². The van der Waals surface area contributed by atoms with Crippen molar-refractivity contribution in [3.63, 3.8) is 0 Å². The molecule has 0 saturated carbocycles. The van der Waals surface area contributed by atoms with E-state index in [9.17, 15) is 4.79 Å². The van der Waals surface area contributed by atoms with Crippen LogP contribution in [0.5, 0.6) is 0 Å². The van der Waals surface area contributed by atoms with Crippen LogP contribution >= 0.6 is 0 Å². The number of carboxylic acid groups (broad SMARTS) is 1. The molecule has 1 aliphatic rings. The van der Waals surface area contributed by atoms with Gasteiger partial charge in [-0.3, -0.25) is 5.01 Å². The zero-order valence-corrected chi connectivity index (χ0v) is 8.47. The number of rotatable bonds is 2. The summed E-state index contributed by atoms with van der Waals surface area (Å²) in [5, 5.41) is 15.0. The Morgan fingerprint density at radius 3 is 2.53 bits per heavy atom. The van der Waals surface area contributed by atoms with Gasteiger partial charge in [-0.25, -0.2) is 4.79 Å². The second-order valence-electron chi connectivity index (χ2n) is 3.56. The fourth-order valence-corrected chi connectivity index (χ4v) is 1.54. The number of anilines is 1. The summed E-state index contributed by atoms with van der Waals surface area (Å²) in [6.07, 6.45) is 0.973.